The molecular weight excluding hydrogens is 341 g/mol. The highest BCUT2D eigenvalue weighted by atomic mass is 35.5. The van der Waals surface area contributed by atoms with E-state index in [1.165, 1.54) is 0 Å². The predicted octanol–water partition coefficient (Wildman–Crippen LogP) is 4.16. The smallest absolute Gasteiger partial charge is 0.246 e. The molecule has 1 heterocycles. The Morgan fingerprint density at radius 3 is 2.23 bits per heavy atom. The number of hydrogen-bond acceptors (Lipinski definition) is 3. The Morgan fingerprint density at radius 2 is 1.59 bits per heavy atom. The van der Waals surface area contributed by atoms with E-state index in [2.05, 4.69) is 10.2 Å². The van der Waals surface area contributed by atoms with Crippen LogP contribution in [-0.2, 0) is 5.75 Å². The second-order valence-electron chi connectivity index (χ2n) is 4.50. The molecule has 3 aromatic rings. The van der Waals surface area contributed by atoms with Gasteiger partial charge in [0.15, 0.2) is 0 Å². The summed E-state index contributed by atoms with van der Waals surface area (Å²) in [7, 11) is 0. The molecule has 4 nitrogen and oxygen atoms in total. The minimum absolute atomic E-state index is 0.269. The highest BCUT2D eigenvalue weighted by Crippen LogP contribution is 2.24. The molecule has 7 heteroatoms. The Balaban J connectivity index is 1.84. The van der Waals surface area contributed by atoms with E-state index < -0.39 is 0 Å². The zero-order valence-electron chi connectivity index (χ0n) is 11.3. The van der Waals surface area contributed by atoms with Crippen LogP contribution < -0.4 is 5.69 Å². The fraction of sp³-hybridized carbons (Fsp3) is 0.0667. The number of rotatable bonds is 4. The van der Waals surface area contributed by atoms with Gasteiger partial charge in [0.2, 0.25) is 0 Å². The molecule has 0 bridgehead atoms. The summed E-state index contributed by atoms with van der Waals surface area (Å²) in [5, 5.41) is 7.90. The average Bonchev–Trinajstić information content (AvgIpc) is 2.89. The number of aromatic amines is 1. The molecule has 0 unspecified atom stereocenters. The van der Waals surface area contributed by atoms with Crippen molar-refractivity contribution in [3.63, 3.8) is 0 Å². The van der Waals surface area contributed by atoms with E-state index in [1.54, 1.807) is 40.6 Å². The molecule has 2 aromatic carbocycles. The number of benzene rings is 2. The maximum absolute atomic E-state index is 12.0. The molecule has 0 spiro atoms. The Morgan fingerprint density at radius 1 is 1.00 bits per heavy atom. The van der Waals surface area contributed by atoms with Gasteiger partial charge in [-0.1, -0.05) is 23.2 Å². The van der Waals surface area contributed by atoms with E-state index in [-0.39, 0.29) is 5.69 Å². The zero-order chi connectivity index (χ0) is 15.5. The number of aromatic nitrogens is 3. The Kier molecular flexibility index (Phi) is 4.57. The largest absolute Gasteiger partial charge is 0.347 e. The number of thioether (sulfide) groups is 1. The highest BCUT2D eigenvalue weighted by Gasteiger charge is 2.10. The molecule has 1 N–H and O–H groups in total. The van der Waals surface area contributed by atoms with E-state index in [0.29, 0.717) is 21.6 Å². The van der Waals surface area contributed by atoms with E-state index in [1.807, 2.05) is 24.3 Å². The number of nitrogens with zero attached hydrogens (tertiary/aromatic N) is 2. The molecule has 1 aromatic heterocycles. The van der Waals surface area contributed by atoms with Crippen molar-refractivity contribution in [2.75, 3.05) is 0 Å². The van der Waals surface area contributed by atoms with Gasteiger partial charge < -0.3 is 0 Å². The van der Waals surface area contributed by atoms with Crippen LogP contribution in [0.4, 0.5) is 0 Å². The van der Waals surface area contributed by atoms with Gasteiger partial charge >= 0.3 is 5.69 Å². The van der Waals surface area contributed by atoms with E-state index in [0.717, 1.165) is 10.6 Å². The molecule has 0 fully saturated rings. The number of halogens is 2. The van der Waals surface area contributed by atoms with Gasteiger partial charge in [-0.25, -0.2) is 14.5 Å². The second-order valence-corrected chi connectivity index (χ2v) is 6.42. The summed E-state index contributed by atoms with van der Waals surface area (Å²) in [6, 6.07) is 14.6. The van der Waals surface area contributed by atoms with E-state index in [4.69, 9.17) is 23.2 Å². The summed E-state index contributed by atoms with van der Waals surface area (Å²) in [5.41, 5.74) is 0.462. The summed E-state index contributed by atoms with van der Waals surface area (Å²) in [4.78, 5) is 13.0. The summed E-state index contributed by atoms with van der Waals surface area (Å²) < 4.78 is 1.54. The summed E-state index contributed by atoms with van der Waals surface area (Å²) >= 11 is 13.3. The standard InChI is InChI=1S/C15H11Cl2N3OS/c16-10-1-5-12(6-2-10)20-14(18-19-15(20)21)9-22-13-7-3-11(17)4-8-13/h1-8H,9H2,(H,19,21). The molecule has 0 aliphatic carbocycles. The fourth-order valence-electron chi connectivity index (χ4n) is 1.96. The third-order valence-electron chi connectivity index (χ3n) is 3.01. The topological polar surface area (TPSA) is 50.7 Å². The first kappa shape index (κ1) is 15.2. The van der Waals surface area contributed by atoms with Gasteiger partial charge in [-0.2, -0.15) is 5.10 Å². The predicted molar refractivity (Wildman–Crippen MR) is 90.2 cm³/mol. The van der Waals surface area contributed by atoms with Crippen molar-refractivity contribution in [1.82, 2.24) is 14.8 Å². The van der Waals surface area contributed by atoms with E-state index >= 15 is 0 Å². The van der Waals surface area contributed by atoms with Crippen LogP contribution in [0, 0.1) is 0 Å². The first-order chi connectivity index (χ1) is 10.6. The average molecular weight is 352 g/mol. The summed E-state index contributed by atoms with van der Waals surface area (Å²) in [6.45, 7) is 0. The lowest BCUT2D eigenvalue weighted by Crippen LogP contribution is -2.16. The van der Waals surface area contributed by atoms with Crippen LogP contribution in [0.1, 0.15) is 5.82 Å². The van der Waals surface area contributed by atoms with Crippen LogP contribution in [-0.4, -0.2) is 14.8 Å². The second kappa shape index (κ2) is 6.60. The lowest BCUT2D eigenvalue weighted by molar-refractivity contribution is 0.933. The van der Waals surface area contributed by atoms with Gasteiger partial charge in [-0.15, -0.1) is 11.8 Å². The van der Waals surface area contributed by atoms with Crippen LogP contribution >= 0.6 is 35.0 Å². The SMILES string of the molecule is O=c1[nH]nc(CSc2ccc(Cl)cc2)n1-c1ccc(Cl)cc1. The van der Waals surface area contributed by atoms with Crippen LogP contribution in [0.3, 0.4) is 0 Å². The van der Waals surface area contributed by atoms with Gasteiger partial charge in [-0.05, 0) is 48.5 Å². The van der Waals surface area contributed by atoms with Crippen molar-refractivity contribution < 1.29 is 0 Å². The first-order valence-corrected chi connectivity index (χ1v) is 8.18. The van der Waals surface area contributed by atoms with Crippen molar-refractivity contribution in [3.05, 3.63) is 74.9 Å². The molecule has 0 saturated heterocycles. The lowest BCUT2D eigenvalue weighted by atomic mass is 10.3. The molecule has 0 aliphatic rings. The maximum Gasteiger partial charge on any atom is 0.347 e. The molecule has 3 rings (SSSR count). The van der Waals surface area contributed by atoms with Crippen molar-refractivity contribution in [1.29, 1.82) is 0 Å². The maximum atomic E-state index is 12.0. The summed E-state index contributed by atoms with van der Waals surface area (Å²) in [6.07, 6.45) is 0. The minimum atomic E-state index is -0.269. The third-order valence-corrected chi connectivity index (χ3v) is 4.52. The van der Waals surface area contributed by atoms with Crippen LogP contribution in [0.2, 0.25) is 10.0 Å². The lowest BCUT2D eigenvalue weighted by Gasteiger charge is -2.06. The van der Waals surface area contributed by atoms with E-state index in [9.17, 15) is 4.79 Å². The van der Waals surface area contributed by atoms with Crippen molar-refractivity contribution >= 4 is 35.0 Å². The van der Waals surface area contributed by atoms with Crippen LogP contribution in [0.25, 0.3) is 5.69 Å². The van der Waals surface area contributed by atoms with Crippen molar-refractivity contribution in [2.24, 2.45) is 0 Å². The number of hydrogen-bond donors (Lipinski definition) is 1. The molecule has 0 radical (unpaired) electrons. The van der Waals surface area contributed by atoms with Gasteiger partial charge in [0.1, 0.15) is 5.82 Å². The number of H-pyrrole nitrogens is 1. The van der Waals surface area contributed by atoms with Crippen molar-refractivity contribution in [3.8, 4) is 5.69 Å². The van der Waals surface area contributed by atoms with Crippen LogP contribution in [0.5, 0.6) is 0 Å². The molecule has 0 amide bonds. The van der Waals surface area contributed by atoms with Gasteiger partial charge in [0.05, 0.1) is 11.4 Å². The Labute approximate surface area is 141 Å². The van der Waals surface area contributed by atoms with Gasteiger partial charge in [-0.3, -0.25) is 0 Å². The molecule has 112 valence electrons. The highest BCUT2D eigenvalue weighted by molar-refractivity contribution is 7.98. The Hall–Kier alpha value is -1.69. The monoisotopic (exact) mass is 351 g/mol. The van der Waals surface area contributed by atoms with Gasteiger partial charge in [0.25, 0.3) is 0 Å². The quantitative estimate of drug-likeness (QED) is 0.718. The normalized spacial score (nSPS) is 10.8. The third kappa shape index (κ3) is 3.38. The Bertz CT molecular complexity index is 825. The fourth-order valence-corrected chi connectivity index (χ4v) is 3.03. The zero-order valence-corrected chi connectivity index (χ0v) is 13.6. The first-order valence-electron chi connectivity index (χ1n) is 6.44. The molecule has 0 atom stereocenters. The van der Waals surface area contributed by atoms with Crippen LogP contribution in [0.15, 0.2) is 58.2 Å². The molecule has 0 saturated carbocycles. The van der Waals surface area contributed by atoms with Crippen molar-refractivity contribution in [2.45, 2.75) is 10.6 Å². The number of nitrogens with one attached hydrogen (secondary N) is 1. The summed E-state index contributed by atoms with van der Waals surface area (Å²) in [5.74, 6) is 1.20. The van der Waals surface area contributed by atoms with Gasteiger partial charge in [0, 0.05) is 14.9 Å². The minimum Gasteiger partial charge on any atom is -0.246 e. The molecular formula is C15H11Cl2N3OS. The molecule has 0 aliphatic heterocycles. The molecule has 22 heavy (non-hydrogen) atoms.